The molecule has 0 bridgehead atoms. The fourth-order valence-electron chi connectivity index (χ4n) is 1.82. The number of nitrogens with one attached hydrogen (secondary N) is 1. The van der Waals surface area contributed by atoms with E-state index >= 15 is 0 Å². The van der Waals surface area contributed by atoms with Crippen LogP contribution in [0.3, 0.4) is 0 Å². The Hall–Kier alpha value is -2.68. The van der Waals surface area contributed by atoms with Crippen molar-refractivity contribution in [1.82, 2.24) is 9.78 Å². The summed E-state index contributed by atoms with van der Waals surface area (Å²) in [5.74, 6) is -2.10. The molecule has 1 aromatic heterocycles. The van der Waals surface area contributed by atoms with Gasteiger partial charge in [-0.25, -0.2) is 18.7 Å². The monoisotopic (exact) mass is 397 g/mol. The fourth-order valence-corrected chi connectivity index (χ4v) is 2.10. The Morgan fingerprint density at radius 2 is 2.08 bits per heavy atom. The van der Waals surface area contributed by atoms with E-state index in [-0.39, 0.29) is 11.4 Å². The minimum Gasteiger partial charge on any atom is -0.466 e. The molecular formula is C15H13BrFN3O4. The van der Waals surface area contributed by atoms with E-state index in [9.17, 15) is 14.0 Å². The minimum absolute atomic E-state index is 0.206. The lowest BCUT2D eigenvalue weighted by Crippen LogP contribution is -2.16. The van der Waals surface area contributed by atoms with Gasteiger partial charge in [0.2, 0.25) is 0 Å². The topological polar surface area (TPSA) is 82.5 Å². The molecule has 24 heavy (non-hydrogen) atoms. The third kappa shape index (κ3) is 4.19. The molecule has 0 fully saturated rings. The second-order valence-corrected chi connectivity index (χ2v) is 5.38. The highest BCUT2D eigenvalue weighted by Gasteiger charge is 2.16. The van der Waals surface area contributed by atoms with E-state index in [0.29, 0.717) is 5.69 Å². The van der Waals surface area contributed by atoms with E-state index in [1.165, 1.54) is 30.0 Å². The van der Waals surface area contributed by atoms with Gasteiger partial charge < -0.3 is 14.8 Å². The average Bonchev–Trinajstić information content (AvgIpc) is 2.99. The largest absolute Gasteiger partial charge is 0.466 e. The zero-order chi connectivity index (χ0) is 17.7. The summed E-state index contributed by atoms with van der Waals surface area (Å²) < 4.78 is 24.9. The number of anilines is 1. The molecule has 126 valence electrons. The van der Waals surface area contributed by atoms with Crippen LogP contribution in [0.5, 0.6) is 0 Å². The smallest absolute Gasteiger partial charge is 0.354 e. The van der Waals surface area contributed by atoms with Crippen molar-refractivity contribution in [2.45, 2.75) is 0 Å². The van der Waals surface area contributed by atoms with Gasteiger partial charge in [0.05, 0.1) is 42.3 Å². The molecule has 0 spiro atoms. The number of nitrogens with zero attached hydrogens (tertiary/aromatic N) is 2. The molecule has 1 aromatic carbocycles. The molecule has 9 heteroatoms. The lowest BCUT2D eigenvalue weighted by Gasteiger charge is -2.13. The molecule has 0 amide bonds. The molecule has 0 saturated carbocycles. The van der Waals surface area contributed by atoms with Crippen LogP contribution >= 0.6 is 15.9 Å². The summed E-state index contributed by atoms with van der Waals surface area (Å²) in [5.41, 5.74) is 0.468. The first-order valence-corrected chi connectivity index (χ1v) is 7.39. The number of halogens is 2. The number of methoxy groups -OCH3 is 2. The number of hydrogen-bond donors (Lipinski definition) is 1. The number of benzene rings is 1. The van der Waals surface area contributed by atoms with Crippen LogP contribution in [0, 0.1) is 5.82 Å². The minimum atomic E-state index is -0.808. The zero-order valence-corrected chi connectivity index (χ0v) is 14.3. The summed E-state index contributed by atoms with van der Waals surface area (Å²) in [6.45, 7) is 0. The number of carbonyl (C=O) groups is 2. The van der Waals surface area contributed by atoms with Gasteiger partial charge in [-0.05, 0) is 34.1 Å². The van der Waals surface area contributed by atoms with Crippen LogP contribution in [-0.4, -0.2) is 35.9 Å². The molecule has 0 aliphatic rings. The van der Waals surface area contributed by atoms with Gasteiger partial charge >= 0.3 is 11.9 Å². The van der Waals surface area contributed by atoms with Crippen LogP contribution in [0.25, 0.3) is 5.69 Å². The predicted octanol–water partition coefficient (Wildman–Crippen LogP) is 2.42. The van der Waals surface area contributed by atoms with Gasteiger partial charge in [-0.2, -0.15) is 5.10 Å². The Morgan fingerprint density at radius 3 is 2.67 bits per heavy atom. The second-order valence-electron chi connectivity index (χ2n) is 4.46. The van der Waals surface area contributed by atoms with Crippen molar-refractivity contribution in [1.29, 1.82) is 0 Å². The maximum atomic E-state index is 13.6. The molecule has 0 aliphatic heterocycles. The molecule has 7 nitrogen and oxygen atoms in total. The van der Waals surface area contributed by atoms with Crippen molar-refractivity contribution < 1.29 is 23.5 Å². The lowest BCUT2D eigenvalue weighted by molar-refractivity contribution is -0.138. The summed E-state index contributed by atoms with van der Waals surface area (Å²) >= 11 is 3.27. The number of hydrogen-bond acceptors (Lipinski definition) is 6. The molecule has 0 unspecified atom stereocenters. The Kier molecular flexibility index (Phi) is 5.69. The molecule has 2 rings (SSSR count). The van der Waals surface area contributed by atoms with Crippen molar-refractivity contribution in [3.63, 3.8) is 0 Å². The van der Waals surface area contributed by atoms with Gasteiger partial charge in [-0.1, -0.05) is 0 Å². The van der Waals surface area contributed by atoms with Crippen molar-refractivity contribution in [3.05, 3.63) is 52.7 Å². The molecule has 0 atom stereocenters. The number of aromatic nitrogens is 2. The number of ether oxygens (including phenoxy) is 2. The SMILES string of the molecule is COC(=O)/C=C(/Nc1cc(F)ccc1-n1cc(Br)cn1)C(=O)OC. The van der Waals surface area contributed by atoms with E-state index < -0.39 is 17.8 Å². The molecule has 1 heterocycles. The summed E-state index contributed by atoms with van der Waals surface area (Å²) in [7, 11) is 2.33. The number of carbonyl (C=O) groups excluding carboxylic acids is 2. The molecule has 0 radical (unpaired) electrons. The summed E-state index contributed by atoms with van der Waals surface area (Å²) in [5, 5.41) is 6.79. The van der Waals surface area contributed by atoms with E-state index in [4.69, 9.17) is 0 Å². The molecule has 1 N–H and O–H groups in total. The molecule has 0 saturated heterocycles. The quantitative estimate of drug-likeness (QED) is 0.616. The van der Waals surface area contributed by atoms with Crippen LogP contribution in [0.1, 0.15) is 0 Å². The van der Waals surface area contributed by atoms with Crippen LogP contribution in [0.15, 0.2) is 46.8 Å². The van der Waals surface area contributed by atoms with E-state index in [1.54, 1.807) is 12.4 Å². The highest BCUT2D eigenvalue weighted by atomic mass is 79.9. The summed E-state index contributed by atoms with van der Waals surface area (Å²) in [6.07, 6.45) is 4.12. The first-order valence-electron chi connectivity index (χ1n) is 6.59. The Bertz CT molecular complexity index is 804. The Balaban J connectivity index is 2.46. The molecular weight excluding hydrogens is 385 g/mol. The Labute approximate surface area is 145 Å². The third-order valence-corrected chi connectivity index (χ3v) is 3.30. The second kappa shape index (κ2) is 7.73. The van der Waals surface area contributed by atoms with Gasteiger partial charge in [0.15, 0.2) is 0 Å². The van der Waals surface area contributed by atoms with Crippen LogP contribution < -0.4 is 5.32 Å². The number of rotatable bonds is 5. The highest BCUT2D eigenvalue weighted by Crippen LogP contribution is 2.24. The number of esters is 2. The highest BCUT2D eigenvalue weighted by molar-refractivity contribution is 9.10. The predicted molar refractivity (Wildman–Crippen MR) is 87.0 cm³/mol. The van der Waals surface area contributed by atoms with Gasteiger partial charge in [0, 0.05) is 6.20 Å². The van der Waals surface area contributed by atoms with Crippen molar-refractivity contribution >= 4 is 33.6 Å². The summed E-state index contributed by atoms with van der Waals surface area (Å²) in [6, 6.07) is 3.89. The van der Waals surface area contributed by atoms with E-state index in [1.807, 2.05) is 0 Å². The van der Waals surface area contributed by atoms with Crippen molar-refractivity contribution in [3.8, 4) is 5.69 Å². The first-order chi connectivity index (χ1) is 11.4. The van der Waals surface area contributed by atoms with Crippen LogP contribution in [-0.2, 0) is 19.1 Å². The van der Waals surface area contributed by atoms with E-state index in [0.717, 1.165) is 17.7 Å². The van der Waals surface area contributed by atoms with Gasteiger partial charge in [0.1, 0.15) is 11.5 Å². The maximum Gasteiger partial charge on any atom is 0.354 e. The van der Waals surface area contributed by atoms with Gasteiger partial charge in [0.25, 0.3) is 0 Å². The lowest BCUT2D eigenvalue weighted by atomic mass is 10.2. The fraction of sp³-hybridized carbons (Fsp3) is 0.133. The molecule has 0 aliphatic carbocycles. The average molecular weight is 398 g/mol. The maximum absolute atomic E-state index is 13.6. The summed E-state index contributed by atoms with van der Waals surface area (Å²) in [4.78, 5) is 23.2. The third-order valence-electron chi connectivity index (χ3n) is 2.89. The normalized spacial score (nSPS) is 11.1. The Morgan fingerprint density at radius 1 is 1.33 bits per heavy atom. The van der Waals surface area contributed by atoms with Crippen molar-refractivity contribution in [2.75, 3.05) is 19.5 Å². The van der Waals surface area contributed by atoms with Crippen LogP contribution in [0.2, 0.25) is 0 Å². The van der Waals surface area contributed by atoms with Crippen LogP contribution in [0.4, 0.5) is 10.1 Å². The van der Waals surface area contributed by atoms with Gasteiger partial charge in [-0.15, -0.1) is 0 Å². The van der Waals surface area contributed by atoms with Gasteiger partial charge in [-0.3, -0.25) is 0 Å². The van der Waals surface area contributed by atoms with E-state index in [2.05, 4.69) is 35.8 Å². The standard InChI is InChI=1S/C15H13BrFN3O4/c1-23-14(21)6-12(15(22)24-2)19-11-5-10(17)3-4-13(11)20-8-9(16)7-18-20/h3-8,19H,1-2H3/b12-6+. The van der Waals surface area contributed by atoms with Crippen molar-refractivity contribution in [2.24, 2.45) is 0 Å². The molecule has 2 aromatic rings. The zero-order valence-electron chi connectivity index (χ0n) is 12.7. The first kappa shape index (κ1) is 17.7.